The van der Waals surface area contributed by atoms with Crippen molar-refractivity contribution in [1.82, 2.24) is 0 Å². The predicted molar refractivity (Wildman–Crippen MR) is 141 cm³/mol. The number of anilines is 1. The molecule has 7 heteroatoms. The van der Waals surface area contributed by atoms with Gasteiger partial charge in [-0.2, -0.15) is 0 Å². The molecule has 6 nitrogen and oxygen atoms in total. The van der Waals surface area contributed by atoms with E-state index in [0.29, 0.717) is 33.2 Å². The third-order valence-electron chi connectivity index (χ3n) is 7.95. The molecule has 1 aliphatic carbocycles. The van der Waals surface area contributed by atoms with Crippen molar-refractivity contribution in [2.45, 2.75) is 24.9 Å². The van der Waals surface area contributed by atoms with Crippen LogP contribution in [0.1, 0.15) is 44.7 Å². The zero-order valence-electron chi connectivity index (χ0n) is 20.5. The summed E-state index contributed by atoms with van der Waals surface area (Å²) < 4.78 is 11.2. The zero-order chi connectivity index (χ0) is 26.1. The topological polar surface area (TPSA) is 72.9 Å². The first-order valence-electron chi connectivity index (χ1n) is 12.0. The second-order valence-electron chi connectivity index (χ2n) is 9.63. The summed E-state index contributed by atoms with van der Waals surface area (Å²) >= 11 is 6.29. The van der Waals surface area contributed by atoms with Gasteiger partial charge in [0.1, 0.15) is 16.9 Å². The number of ether oxygens (including phenoxy) is 2. The summed E-state index contributed by atoms with van der Waals surface area (Å²) in [6, 6.07) is 16.1. The Morgan fingerprint density at radius 2 is 1.65 bits per heavy atom. The van der Waals surface area contributed by atoms with E-state index in [9.17, 15) is 14.4 Å². The van der Waals surface area contributed by atoms with E-state index in [4.69, 9.17) is 21.1 Å². The van der Waals surface area contributed by atoms with Crippen LogP contribution < -0.4 is 14.4 Å². The normalized spacial score (nSPS) is 22.6. The highest BCUT2D eigenvalue weighted by molar-refractivity contribution is 6.32. The number of nitrogens with zero attached hydrogens (tertiary/aromatic N) is 1. The van der Waals surface area contributed by atoms with Crippen LogP contribution in [0.25, 0.3) is 6.08 Å². The first-order valence-corrected chi connectivity index (χ1v) is 12.4. The molecular weight excluding hydrogens is 490 g/mol. The second kappa shape index (κ2) is 8.32. The molecule has 1 saturated heterocycles. The molecule has 0 saturated carbocycles. The van der Waals surface area contributed by atoms with Crippen molar-refractivity contribution in [1.29, 1.82) is 0 Å². The molecule has 0 amide bonds. The second-order valence-corrected chi connectivity index (χ2v) is 10.1. The van der Waals surface area contributed by atoms with Gasteiger partial charge in [-0.3, -0.25) is 14.4 Å². The SMILES string of the molecule is COc1ccc(OC)c([C@H]2[C@H](C(C)=O)N3c4ccc(Cl)cc4C=CC3C23C(=O)c2ccccc2C3=O)c1. The fourth-order valence-electron chi connectivity index (χ4n) is 6.53. The summed E-state index contributed by atoms with van der Waals surface area (Å²) in [5.41, 5.74) is 1.32. The van der Waals surface area contributed by atoms with E-state index >= 15 is 0 Å². The lowest BCUT2D eigenvalue weighted by Gasteiger charge is -2.37. The molecule has 0 bridgehead atoms. The van der Waals surface area contributed by atoms with Gasteiger partial charge in [0.25, 0.3) is 0 Å². The molecule has 37 heavy (non-hydrogen) atoms. The summed E-state index contributed by atoms with van der Waals surface area (Å²) in [5, 5.41) is 0.557. The number of ketones is 3. The molecular formula is C30H24ClNO5. The van der Waals surface area contributed by atoms with Crippen LogP contribution in [0.3, 0.4) is 0 Å². The first-order chi connectivity index (χ1) is 17.8. The molecule has 2 aliphatic heterocycles. The number of methoxy groups -OCH3 is 2. The Labute approximate surface area is 219 Å². The van der Waals surface area contributed by atoms with Gasteiger partial charge in [0.2, 0.25) is 0 Å². The minimum absolute atomic E-state index is 0.162. The van der Waals surface area contributed by atoms with Crippen molar-refractivity contribution in [3.05, 3.63) is 94.0 Å². The number of hydrogen-bond donors (Lipinski definition) is 0. The maximum Gasteiger partial charge on any atom is 0.180 e. The van der Waals surface area contributed by atoms with Crippen LogP contribution in [0, 0.1) is 5.41 Å². The molecule has 0 radical (unpaired) electrons. The molecule has 1 spiro atoms. The third kappa shape index (κ3) is 3.02. The molecule has 3 atom stereocenters. The van der Waals surface area contributed by atoms with Crippen molar-refractivity contribution in [2.75, 3.05) is 19.1 Å². The molecule has 2 heterocycles. The van der Waals surface area contributed by atoms with Crippen molar-refractivity contribution < 1.29 is 23.9 Å². The Morgan fingerprint density at radius 3 is 2.27 bits per heavy atom. The van der Waals surface area contributed by atoms with E-state index in [1.54, 1.807) is 55.6 Å². The van der Waals surface area contributed by atoms with Crippen LogP contribution in [0.4, 0.5) is 5.69 Å². The number of Topliss-reactive ketones (excluding diaryl/α,β-unsaturated/α-hetero) is 3. The van der Waals surface area contributed by atoms with E-state index in [-0.39, 0.29) is 17.3 Å². The van der Waals surface area contributed by atoms with E-state index < -0.39 is 23.4 Å². The Hall–Kier alpha value is -3.90. The number of hydrogen-bond acceptors (Lipinski definition) is 6. The van der Waals surface area contributed by atoms with E-state index in [1.165, 1.54) is 14.0 Å². The highest BCUT2D eigenvalue weighted by Gasteiger charge is 2.71. The fraction of sp³-hybridized carbons (Fsp3) is 0.233. The highest BCUT2D eigenvalue weighted by atomic mass is 35.5. The van der Waals surface area contributed by atoms with Crippen LogP contribution in [-0.4, -0.2) is 43.7 Å². The molecule has 0 N–H and O–H groups in total. The van der Waals surface area contributed by atoms with Crippen molar-refractivity contribution in [3.8, 4) is 11.5 Å². The molecule has 3 aromatic carbocycles. The van der Waals surface area contributed by atoms with Gasteiger partial charge in [0, 0.05) is 33.3 Å². The van der Waals surface area contributed by atoms with E-state index in [1.807, 2.05) is 29.2 Å². The van der Waals surface area contributed by atoms with Gasteiger partial charge < -0.3 is 14.4 Å². The van der Waals surface area contributed by atoms with Gasteiger partial charge in [-0.05, 0) is 48.9 Å². The van der Waals surface area contributed by atoms with E-state index in [0.717, 1.165) is 11.3 Å². The van der Waals surface area contributed by atoms with Crippen LogP contribution in [0.5, 0.6) is 11.5 Å². The predicted octanol–water partition coefficient (Wildman–Crippen LogP) is 5.38. The molecule has 0 aromatic heterocycles. The molecule has 6 rings (SSSR count). The van der Waals surface area contributed by atoms with Crippen molar-refractivity contribution >= 4 is 40.7 Å². The van der Waals surface area contributed by atoms with Crippen molar-refractivity contribution in [3.63, 3.8) is 0 Å². The Morgan fingerprint density at radius 1 is 0.946 bits per heavy atom. The Balaban J connectivity index is 1.71. The Kier molecular flexibility index (Phi) is 5.28. The average molecular weight is 514 g/mol. The smallest absolute Gasteiger partial charge is 0.180 e. The zero-order valence-corrected chi connectivity index (χ0v) is 21.3. The summed E-state index contributed by atoms with van der Waals surface area (Å²) in [7, 11) is 3.08. The van der Waals surface area contributed by atoms with Gasteiger partial charge in [-0.25, -0.2) is 0 Å². The number of rotatable bonds is 4. The molecule has 1 unspecified atom stereocenters. The van der Waals surface area contributed by atoms with Crippen LogP contribution in [0.15, 0.2) is 66.7 Å². The standard InChI is InChI=1S/C30H24ClNO5/c1-16(33)27-26(22-15-19(36-2)10-12-24(22)37-3)30(28(34)20-6-4-5-7-21(20)29(30)35)25-13-8-17-14-18(31)9-11-23(17)32(25)27/h4-15,25-27H,1-3H3/t25?,26-,27-/m0/s1. The lowest BCUT2D eigenvalue weighted by molar-refractivity contribution is -0.118. The lowest BCUT2D eigenvalue weighted by atomic mass is 9.64. The maximum atomic E-state index is 14.5. The highest BCUT2D eigenvalue weighted by Crippen LogP contribution is 2.62. The van der Waals surface area contributed by atoms with E-state index in [2.05, 4.69) is 0 Å². The van der Waals surface area contributed by atoms with Gasteiger partial charge in [-0.15, -0.1) is 0 Å². The summed E-state index contributed by atoms with van der Waals surface area (Å²) in [5.74, 6) is -0.555. The average Bonchev–Trinajstić information content (AvgIpc) is 3.34. The first kappa shape index (κ1) is 23.5. The molecule has 3 aliphatic rings. The fourth-order valence-corrected chi connectivity index (χ4v) is 6.71. The summed E-state index contributed by atoms with van der Waals surface area (Å²) in [6.07, 6.45) is 3.75. The summed E-state index contributed by atoms with van der Waals surface area (Å²) in [4.78, 5) is 44.4. The van der Waals surface area contributed by atoms with Gasteiger partial charge in [-0.1, -0.05) is 48.0 Å². The quantitative estimate of drug-likeness (QED) is 0.436. The van der Waals surface area contributed by atoms with Crippen LogP contribution >= 0.6 is 11.6 Å². The minimum atomic E-state index is -1.58. The van der Waals surface area contributed by atoms with Gasteiger partial charge >= 0.3 is 0 Å². The van der Waals surface area contributed by atoms with Gasteiger partial charge in [0.05, 0.1) is 26.3 Å². The lowest BCUT2D eigenvalue weighted by Crippen LogP contribution is -2.48. The summed E-state index contributed by atoms with van der Waals surface area (Å²) in [6.45, 7) is 1.51. The maximum absolute atomic E-state index is 14.5. The largest absolute Gasteiger partial charge is 0.497 e. The molecule has 1 fully saturated rings. The van der Waals surface area contributed by atoms with Crippen LogP contribution in [0.2, 0.25) is 5.02 Å². The molecule has 186 valence electrons. The number of benzene rings is 3. The number of fused-ring (bicyclic) bond motifs is 5. The Bertz CT molecular complexity index is 1490. The number of carbonyl (C=O) groups excluding carboxylic acids is 3. The number of halogens is 1. The monoisotopic (exact) mass is 513 g/mol. The molecule has 3 aromatic rings. The number of carbonyl (C=O) groups is 3. The van der Waals surface area contributed by atoms with Crippen molar-refractivity contribution in [2.24, 2.45) is 5.41 Å². The third-order valence-corrected chi connectivity index (χ3v) is 8.19. The van der Waals surface area contributed by atoms with Gasteiger partial charge in [0.15, 0.2) is 17.3 Å². The minimum Gasteiger partial charge on any atom is -0.497 e. The van der Waals surface area contributed by atoms with Crippen LogP contribution in [-0.2, 0) is 4.79 Å².